The van der Waals surface area contributed by atoms with Crippen molar-refractivity contribution in [1.82, 2.24) is 0 Å². The standard InChI is InChI=1S/C23H25ClF3NO3S/c1-12-3-4-14(10-23(2,31)11-29)21(12)32-19-7-13(5-6-16(19)24)22(30)28-15-8-17(25)20(27)18(26)9-15/h5-9,12,14,21,29,31H,3-4,10-11H2,1-2H3,(H,28,30). The van der Waals surface area contributed by atoms with Crippen molar-refractivity contribution in [2.24, 2.45) is 11.8 Å². The Hall–Kier alpha value is -1.74. The van der Waals surface area contributed by atoms with Crippen molar-refractivity contribution >= 4 is 35.0 Å². The second-order valence-corrected chi connectivity index (χ2v) is 10.2. The number of aliphatic hydroxyl groups excluding tert-OH is 1. The molecule has 174 valence electrons. The molecule has 0 spiro atoms. The van der Waals surface area contributed by atoms with Gasteiger partial charge in [0, 0.05) is 33.5 Å². The zero-order valence-corrected chi connectivity index (χ0v) is 19.2. The van der Waals surface area contributed by atoms with Crippen molar-refractivity contribution < 1.29 is 28.2 Å². The second-order valence-electron chi connectivity index (χ2n) is 8.61. The predicted molar refractivity (Wildman–Crippen MR) is 120 cm³/mol. The van der Waals surface area contributed by atoms with Gasteiger partial charge >= 0.3 is 0 Å². The molecule has 1 aliphatic rings. The van der Waals surface area contributed by atoms with Crippen molar-refractivity contribution in [3.63, 3.8) is 0 Å². The molecule has 4 atom stereocenters. The van der Waals surface area contributed by atoms with Crippen LogP contribution in [0.4, 0.5) is 18.9 Å². The number of carbonyl (C=O) groups is 1. The van der Waals surface area contributed by atoms with Crippen LogP contribution in [-0.4, -0.2) is 33.6 Å². The Morgan fingerprint density at radius 1 is 1.22 bits per heavy atom. The monoisotopic (exact) mass is 487 g/mol. The zero-order valence-electron chi connectivity index (χ0n) is 17.7. The lowest BCUT2D eigenvalue weighted by molar-refractivity contribution is -0.0167. The number of rotatable bonds is 7. The van der Waals surface area contributed by atoms with Crippen LogP contribution in [0.3, 0.4) is 0 Å². The molecule has 32 heavy (non-hydrogen) atoms. The number of carbonyl (C=O) groups excluding carboxylic acids is 1. The van der Waals surface area contributed by atoms with Gasteiger partial charge in [-0.1, -0.05) is 18.5 Å². The van der Waals surface area contributed by atoms with E-state index in [9.17, 15) is 28.2 Å². The topological polar surface area (TPSA) is 69.6 Å². The Morgan fingerprint density at radius 3 is 2.50 bits per heavy atom. The van der Waals surface area contributed by atoms with E-state index in [-0.39, 0.29) is 29.0 Å². The van der Waals surface area contributed by atoms with E-state index >= 15 is 0 Å². The Balaban J connectivity index is 1.78. The number of halogens is 4. The summed E-state index contributed by atoms with van der Waals surface area (Å²) in [5.74, 6) is -4.50. The molecule has 4 nitrogen and oxygen atoms in total. The van der Waals surface area contributed by atoms with Gasteiger partial charge in [-0.15, -0.1) is 11.8 Å². The van der Waals surface area contributed by atoms with Crippen LogP contribution in [0.25, 0.3) is 0 Å². The lowest BCUT2D eigenvalue weighted by atomic mass is 9.90. The van der Waals surface area contributed by atoms with Gasteiger partial charge in [0.25, 0.3) is 5.91 Å². The zero-order chi connectivity index (χ0) is 23.6. The number of benzene rings is 2. The average Bonchev–Trinajstić information content (AvgIpc) is 3.06. The molecule has 4 unspecified atom stereocenters. The fourth-order valence-electron chi connectivity index (χ4n) is 4.04. The third-order valence-corrected chi connectivity index (χ3v) is 7.91. The van der Waals surface area contributed by atoms with Crippen LogP contribution in [0.5, 0.6) is 0 Å². The summed E-state index contributed by atoms with van der Waals surface area (Å²) in [4.78, 5) is 13.3. The van der Waals surface area contributed by atoms with E-state index in [4.69, 9.17) is 11.6 Å². The Labute approximate surface area is 194 Å². The summed E-state index contributed by atoms with van der Waals surface area (Å²) in [5, 5.41) is 22.7. The molecular formula is C23H25ClF3NO3S. The first-order valence-electron chi connectivity index (χ1n) is 10.3. The number of anilines is 1. The van der Waals surface area contributed by atoms with Gasteiger partial charge in [0.15, 0.2) is 17.5 Å². The van der Waals surface area contributed by atoms with Crippen molar-refractivity contribution in [2.45, 2.75) is 48.9 Å². The number of hydrogen-bond acceptors (Lipinski definition) is 4. The van der Waals surface area contributed by atoms with Gasteiger partial charge in [-0.05, 0) is 56.2 Å². The Kier molecular flexibility index (Phi) is 7.81. The highest BCUT2D eigenvalue weighted by molar-refractivity contribution is 8.00. The van der Waals surface area contributed by atoms with Crippen LogP contribution in [-0.2, 0) is 0 Å². The molecular weight excluding hydrogens is 463 g/mol. The fraction of sp³-hybridized carbons (Fsp3) is 0.435. The van der Waals surface area contributed by atoms with Crippen molar-refractivity contribution in [2.75, 3.05) is 11.9 Å². The summed E-state index contributed by atoms with van der Waals surface area (Å²) < 4.78 is 40.0. The van der Waals surface area contributed by atoms with Crippen LogP contribution in [0.1, 0.15) is 43.5 Å². The van der Waals surface area contributed by atoms with E-state index in [1.807, 2.05) is 0 Å². The van der Waals surface area contributed by atoms with Crippen LogP contribution in [0.15, 0.2) is 35.2 Å². The first kappa shape index (κ1) is 24.9. The highest BCUT2D eigenvalue weighted by Gasteiger charge is 2.38. The quantitative estimate of drug-likeness (QED) is 0.441. The minimum absolute atomic E-state index is 0.129. The van der Waals surface area contributed by atoms with E-state index in [1.165, 1.54) is 17.8 Å². The maximum Gasteiger partial charge on any atom is 0.255 e. The summed E-state index contributed by atoms with van der Waals surface area (Å²) in [6.07, 6.45) is 2.34. The number of aliphatic hydroxyl groups is 2. The first-order valence-corrected chi connectivity index (χ1v) is 11.5. The van der Waals surface area contributed by atoms with E-state index < -0.39 is 29.0 Å². The number of hydrogen-bond donors (Lipinski definition) is 3. The van der Waals surface area contributed by atoms with Crippen molar-refractivity contribution in [1.29, 1.82) is 0 Å². The van der Waals surface area contributed by atoms with Gasteiger partial charge in [-0.2, -0.15) is 0 Å². The molecule has 0 aliphatic heterocycles. The molecule has 9 heteroatoms. The molecule has 3 N–H and O–H groups in total. The molecule has 1 fully saturated rings. The minimum atomic E-state index is -1.60. The Morgan fingerprint density at radius 2 is 1.88 bits per heavy atom. The lowest BCUT2D eigenvalue weighted by Crippen LogP contribution is -2.34. The highest BCUT2D eigenvalue weighted by Crippen LogP contribution is 2.47. The van der Waals surface area contributed by atoms with Crippen LogP contribution < -0.4 is 5.32 Å². The molecule has 0 saturated heterocycles. The second kappa shape index (κ2) is 10.0. The minimum Gasteiger partial charge on any atom is -0.393 e. The summed E-state index contributed by atoms with van der Waals surface area (Å²) in [5.41, 5.74) is -1.14. The normalized spacial score (nSPS) is 22.6. The van der Waals surface area contributed by atoms with Crippen LogP contribution >= 0.6 is 23.4 Å². The lowest BCUT2D eigenvalue weighted by Gasteiger charge is -2.29. The third kappa shape index (κ3) is 5.78. The van der Waals surface area contributed by atoms with E-state index in [2.05, 4.69) is 12.2 Å². The number of nitrogens with one attached hydrogen (secondary N) is 1. The molecule has 2 aromatic rings. The molecule has 1 amide bonds. The van der Waals surface area contributed by atoms with E-state index in [0.717, 1.165) is 12.8 Å². The molecule has 2 aromatic carbocycles. The molecule has 0 aromatic heterocycles. The molecule has 0 radical (unpaired) electrons. The van der Waals surface area contributed by atoms with Gasteiger partial charge in [-0.25, -0.2) is 13.2 Å². The fourth-order valence-corrected chi connectivity index (χ4v) is 5.76. The summed E-state index contributed by atoms with van der Waals surface area (Å²) >= 11 is 7.89. The van der Waals surface area contributed by atoms with Gasteiger partial charge in [0.05, 0.1) is 17.2 Å². The van der Waals surface area contributed by atoms with E-state index in [0.29, 0.717) is 34.4 Å². The molecule has 1 saturated carbocycles. The number of amides is 1. The molecule has 0 bridgehead atoms. The third-order valence-electron chi connectivity index (χ3n) is 5.76. The smallest absolute Gasteiger partial charge is 0.255 e. The maximum absolute atomic E-state index is 13.4. The van der Waals surface area contributed by atoms with Gasteiger partial charge in [0.1, 0.15) is 0 Å². The summed E-state index contributed by atoms with van der Waals surface area (Å²) in [6.45, 7) is 3.40. The first-order chi connectivity index (χ1) is 15.0. The van der Waals surface area contributed by atoms with Gasteiger partial charge < -0.3 is 15.5 Å². The largest absolute Gasteiger partial charge is 0.393 e. The van der Waals surface area contributed by atoms with Gasteiger partial charge in [-0.3, -0.25) is 4.79 Å². The number of thioether (sulfide) groups is 1. The summed E-state index contributed by atoms with van der Waals surface area (Å²) in [6, 6.07) is 6.08. The highest BCUT2D eigenvalue weighted by atomic mass is 35.5. The molecule has 1 aliphatic carbocycles. The average molecular weight is 488 g/mol. The van der Waals surface area contributed by atoms with E-state index in [1.54, 1.807) is 19.1 Å². The van der Waals surface area contributed by atoms with Crippen molar-refractivity contribution in [3.8, 4) is 0 Å². The summed E-state index contributed by atoms with van der Waals surface area (Å²) in [7, 11) is 0. The van der Waals surface area contributed by atoms with Crippen LogP contribution in [0, 0.1) is 29.3 Å². The Bertz CT molecular complexity index is 981. The molecule has 0 heterocycles. The van der Waals surface area contributed by atoms with Gasteiger partial charge in [0.2, 0.25) is 0 Å². The maximum atomic E-state index is 13.4. The van der Waals surface area contributed by atoms with Crippen LogP contribution in [0.2, 0.25) is 5.02 Å². The SMILES string of the molecule is CC1CCC(CC(C)(O)CO)C1Sc1cc(C(=O)Nc2cc(F)c(F)c(F)c2)ccc1Cl. The predicted octanol–water partition coefficient (Wildman–Crippen LogP) is 5.65. The van der Waals surface area contributed by atoms with Crippen molar-refractivity contribution in [3.05, 3.63) is 58.4 Å². The molecule has 3 rings (SSSR count).